The molecule has 2 nitrogen and oxygen atoms in total. The number of rotatable bonds is 0. The van der Waals surface area contributed by atoms with Crippen molar-refractivity contribution in [1.82, 2.24) is 0 Å². The van der Waals surface area contributed by atoms with Crippen molar-refractivity contribution >= 4 is 88.5 Å². The van der Waals surface area contributed by atoms with Crippen LogP contribution in [0.1, 0.15) is 5.56 Å². The molecular weight excluding hydrogens is 511 g/mol. The molecule has 0 unspecified atom stereocenters. The third kappa shape index (κ3) is 2.38. The van der Waals surface area contributed by atoms with Gasteiger partial charge in [-0.2, -0.15) is 0 Å². The minimum atomic E-state index is 0.131. The maximum absolute atomic E-state index is 6.54. The summed E-state index contributed by atoms with van der Waals surface area (Å²) in [5, 5.41) is 9.71. The molecule has 0 atom stereocenters. The fourth-order valence-corrected chi connectivity index (χ4v) is 8.31. The second-order valence-corrected chi connectivity index (χ2v) is 12.0. The van der Waals surface area contributed by atoms with E-state index in [1.807, 2.05) is 0 Å². The number of fused-ring (bicyclic) bond motifs is 12. The Morgan fingerprint density at radius 1 is 0.452 bits per heavy atom. The predicted molar refractivity (Wildman–Crippen MR) is 176 cm³/mol. The summed E-state index contributed by atoms with van der Waals surface area (Å²) in [6.45, 7) is 2.37. The lowest BCUT2D eigenvalue weighted by Gasteiger charge is -2.34. The first-order valence-corrected chi connectivity index (χ1v) is 14.6. The van der Waals surface area contributed by atoms with E-state index in [2.05, 4.69) is 116 Å². The summed E-state index contributed by atoms with van der Waals surface area (Å²) in [7, 11) is 0. The molecule has 0 saturated carbocycles. The molecule has 0 saturated heterocycles. The molecule has 0 radical (unpaired) electrons. The van der Waals surface area contributed by atoms with Crippen molar-refractivity contribution in [1.29, 1.82) is 0 Å². The van der Waals surface area contributed by atoms with Crippen LogP contribution in [0.15, 0.2) is 118 Å². The Labute approximate surface area is 240 Å². The molecule has 0 spiro atoms. The number of para-hydroxylation sites is 2. The van der Waals surface area contributed by atoms with Gasteiger partial charge in [-0.25, -0.2) is 0 Å². The summed E-state index contributed by atoms with van der Waals surface area (Å²) in [4.78, 5) is 0. The van der Waals surface area contributed by atoms with Gasteiger partial charge in [-0.15, -0.1) is 0 Å². The van der Waals surface area contributed by atoms with Gasteiger partial charge in [0.05, 0.1) is 0 Å². The Bertz CT molecular complexity index is 2520. The van der Waals surface area contributed by atoms with E-state index in [9.17, 15) is 0 Å². The molecule has 9 aromatic rings. The molecule has 11 rings (SSSR count). The van der Waals surface area contributed by atoms with Gasteiger partial charge in [-0.1, -0.05) is 101 Å². The summed E-state index contributed by atoms with van der Waals surface area (Å²) in [5.74, 6) is 0. The zero-order chi connectivity index (χ0) is 27.3. The van der Waals surface area contributed by atoms with Crippen LogP contribution in [0.5, 0.6) is 0 Å². The molecule has 0 bridgehead atoms. The summed E-state index contributed by atoms with van der Waals surface area (Å²) >= 11 is 0. The molecule has 0 amide bonds. The highest BCUT2D eigenvalue weighted by Crippen LogP contribution is 2.45. The zero-order valence-corrected chi connectivity index (χ0v) is 22.8. The molecule has 0 N–H and O–H groups in total. The van der Waals surface area contributed by atoms with Crippen molar-refractivity contribution in [2.45, 2.75) is 6.92 Å². The molecule has 0 aliphatic carbocycles. The van der Waals surface area contributed by atoms with Crippen molar-refractivity contribution in [3.63, 3.8) is 0 Å². The lowest BCUT2D eigenvalue weighted by Crippen LogP contribution is -2.57. The number of aryl methyl sites for hydroxylation is 1. The predicted octanol–water partition coefficient (Wildman–Crippen LogP) is 8.58. The van der Waals surface area contributed by atoms with E-state index >= 15 is 0 Å². The average molecular weight is 532 g/mol. The lowest BCUT2D eigenvalue weighted by molar-refractivity contribution is 0.672. The van der Waals surface area contributed by atoms with Gasteiger partial charge in [0, 0.05) is 32.3 Å². The highest BCUT2D eigenvalue weighted by Gasteiger charge is 2.39. The maximum Gasteiger partial charge on any atom is 0.244 e. The van der Waals surface area contributed by atoms with Crippen LogP contribution in [-0.2, 0) is 0 Å². The van der Waals surface area contributed by atoms with E-state index in [1.54, 1.807) is 0 Å². The normalized spacial score (nSPS) is 13.3. The summed E-state index contributed by atoms with van der Waals surface area (Å²) < 4.78 is 13.1. The van der Waals surface area contributed by atoms with Crippen molar-refractivity contribution in [3.8, 4) is 22.3 Å². The molecule has 192 valence electrons. The van der Waals surface area contributed by atoms with Gasteiger partial charge in [0.1, 0.15) is 22.3 Å². The van der Waals surface area contributed by atoms with Gasteiger partial charge in [0.2, 0.25) is 6.71 Å². The zero-order valence-electron chi connectivity index (χ0n) is 22.8. The van der Waals surface area contributed by atoms with Crippen LogP contribution in [-0.4, -0.2) is 6.71 Å². The molecule has 2 aromatic heterocycles. The third-order valence-corrected chi connectivity index (χ3v) is 9.88. The Morgan fingerprint density at radius 3 is 1.45 bits per heavy atom. The van der Waals surface area contributed by atoms with Gasteiger partial charge in [0.25, 0.3) is 0 Å². The third-order valence-electron chi connectivity index (χ3n) is 9.88. The average Bonchev–Trinajstić information content (AvgIpc) is 3.59. The largest absolute Gasteiger partial charge is 0.455 e. The summed E-state index contributed by atoms with van der Waals surface area (Å²) in [6.07, 6.45) is 0. The Balaban J connectivity index is 1.37. The number of hydrogen-bond donors (Lipinski definition) is 0. The quantitative estimate of drug-likeness (QED) is 0.183. The molecule has 42 heavy (non-hydrogen) atoms. The molecule has 4 heterocycles. The monoisotopic (exact) mass is 532 g/mol. The topological polar surface area (TPSA) is 26.3 Å². The molecular formula is C39H21BO2. The fourth-order valence-electron chi connectivity index (χ4n) is 8.31. The smallest absolute Gasteiger partial charge is 0.244 e. The number of hydrogen-bond acceptors (Lipinski definition) is 2. The van der Waals surface area contributed by atoms with Crippen molar-refractivity contribution in [2.24, 2.45) is 0 Å². The highest BCUT2D eigenvalue weighted by atomic mass is 16.3. The van der Waals surface area contributed by atoms with E-state index in [0.717, 1.165) is 22.3 Å². The SMILES string of the molecule is Cc1cc2c3c(c1)-c1cc4c5ccccc5oc4c4cccc(c14)B3c1cccc3c1c-2cc1c2ccccc2oc31. The minimum absolute atomic E-state index is 0.131. The summed E-state index contributed by atoms with van der Waals surface area (Å²) in [5.41, 5.74) is 14.5. The van der Waals surface area contributed by atoms with Crippen molar-refractivity contribution in [3.05, 3.63) is 115 Å². The number of benzene rings is 7. The van der Waals surface area contributed by atoms with E-state index in [-0.39, 0.29) is 6.71 Å². The van der Waals surface area contributed by atoms with Crippen LogP contribution in [0.2, 0.25) is 0 Å². The molecule has 2 aliphatic heterocycles. The Morgan fingerprint density at radius 2 is 0.929 bits per heavy atom. The number of furan rings is 2. The maximum atomic E-state index is 6.54. The molecule has 7 aromatic carbocycles. The van der Waals surface area contributed by atoms with Crippen LogP contribution in [0.25, 0.3) is 87.7 Å². The standard InChI is InChI=1S/C39H21BO2/c1-20-16-27-25-18-29-21-8-2-4-14-33(21)41-38(29)23-10-6-12-31(35(23)25)40-32-13-7-11-24-36(32)26(28(17-20)37(27)40)19-30-22-9-3-5-15-34(22)42-39(24)30/h2-19H,1H3. The fraction of sp³-hybridized carbons (Fsp3) is 0.0256. The van der Waals surface area contributed by atoms with Gasteiger partial charge >= 0.3 is 0 Å². The highest BCUT2D eigenvalue weighted by molar-refractivity contribution is 7.01. The molecule has 3 heteroatoms. The van der Waals surface area contributed by atoms with Crippen LogP contribution < -0.4 is 16.4 Å². The van der Waals surface area contributed by atoms with E-state index < -0.39 is 0 Å². The van der Waals surface area contributed by atoms with Crippen molar-refractivity contribution < 1.29 is 8.83 Å². The summed E-state index contributed by atoms with van der Waals surface area (Å²) in [6, 6.07) is 40.0. The van der Waals surface area contributed by atoms with Crippen LogP contribution in [0.3, 0.4) is 0 Å². The Hall–Kier alpha value is -5.28. The lowest BCUT2D eigenvalue weighted by atomic mass is 9.31. The van der Waals surface area contributed by atoms with Gasteiger partial charge in [-0.3, -0.25) is 0 Å². The van der Waals surface area contributed by atoms with Gasteiger partial charge in [0.15, 0.2) is 0 Å². The van der Waals surface area contributed by atoms with Gasteiger partial charge < -0.3 is 8.83 Å². The van der Waals surface area contributed by atoms with Crippen LogP contribution >= 0.6 is 0 Å². The van der Waals surface area contributed by atoms with Crippen molar-refractivity contribution in [2.75, 3.05) is 0 Å². The van der Waals surface area contributed by atoms with Gasteiger partial charge in [-0.05, 0) is 69.8 Å². The second-order valence-electron chi connectivity index (χ2n) is 12.0. The minimum Gasteiger partial charge on any atom is -0.455 e. The first-order valence-electron chi connectivity index (χ1n) is 14.6. The van der Waals surface area contributed by atoms with E-state index in [0.29, 0.717) is 0 Å². The van der Waals surface area contributed by atoms with E-state index in [1.165, 1.54) is 87.3 Å². The molecule has 0 fully saturated rings. The van der Waals surface area contributed by atoms with Crippen LogP contribution in [0.4, 0.5) is 0 Å². The Kier molecular flexibility index (Phi) is 3.64. The first kappa shape index (κ1) is 21.5. The van der Waals surface area contributed by atoms with E-state index in [4.69, 9.17) is 8.83 Å². The molecule has 2 aliphatic rings. The first-order chi connectivity index (χ1) is 20.7. The van der Waals surface area contributed by atoms with Crippen LogP contribution in [0, 0.1) is 6.92 Å². The second kappa shape index (κ2) is 7.13.